The van der Waals surface area contributed by atoms with Gasteiger partial charge in [-0.1, -0.05) is 17.3 Å². The molecular weight excluding hydrogens is 373 g/mol. The summed E-state index contributed by atoms with van der Waals surface area (Å²) < 4.78 is 38.8. The van der Waals surface area contributed by atoms with E-state index in [-0.39, 0.29) is 12.1 Å². The van der Waals surface area contributed by atoms with Gasteiger partial charge in [-0.3, -0.25) is 4.90 Å². The fraction of sp³-hybridized carbons (Fsp3) is 0.562. The molecule has 0 aromatic heterocycles. The van der Waals surface area contributed by atoms with Gasteiger partial charge in [-0.25, -0.2) is 0 Å². The van der Waals surface area contributed by atoms with Crippen LogP contribution in [0.25, 0.3) is 0 Å². The van der Waals surface area contributed by atoms with Crippen LogP contribution in [0.5, 0.6) is 0 Å². The number of benzene rings is 1. The molecule has 1 aromatic rings. The molecule has 23 heavy (non-hydrogen) atoms. The van der Waals surface area contributed by atoms with E-state index in [1.807, 2.05) is 6.92 Å². The first kappa shape index (κ1) is 16.8. The fourth-order valence-electron chi connectivity index (χ4n) is 3.25. The number of halogens is 4. The number of hydrogen-bond acceptors (Lipinski definition) is 3. The lowest BCUT2D eigenvalue weighted by Crippen LogP contribution is -2.28. The molecule has 2 aliphatic heterocycles. The molecule has 2 aliphatic rings. The maximum atomic E-state index is 12.6. The summed E-state index contributed by atoms with van der Waals surface area (Å²) >= 11 is 3.35. The minimum absolute atomic E-state index is 0.0908. The highest BCUT2D eigenvalue weighted by Gasteiger charge is 2.36. The predicted octanol–water partition coefficient (Wildman–Crippen LogP) is 4.59. The molecule has 0 saturated carbocycles. The summed E-state index contributed by atoms with van der Waals surface area (Å²) in [6.07, 6.45) is -2.36. The van der Waals surface area contributed by atoms with Crippen LogP contribution in [0.15, 0.2) is 29.4 Å². The molecular formula is C16H18BrF3N2O. The molecule has 0 radical (unpaired) electrons. The Morgan fingerprint density at radius 3 is 2.57 bits per heavy atom. The molecule has 2 heterocycles. The van der Waals surface area contributed by atoms with Crippen molar-refractivity contribution in [2.45, 2.75) is 38.1 Å². The molecule has 0 spiro atoms. The van der Waals surface area contributed by atoms with Gasteiger partial charge in [0.05, 0.1) is 5.56 Å². The highest BCUT2D eigenvalue weighted by Crippen LogP contribution is 2.34. The van der Waals surface area contributed by atoms with Crippen LogP contribution < -0.4 is 0 Å². The Morgan fingerprint density at radius 2 is 2.00 bits per heavy atom. The van der Waals surface area contributed by atoms with E-state index in [4.69, 9.17) is 4.84 Å². The second-order valence-electron chi connectivity index (χ2n) is 6.15. The molecule has 3 atom stereocenters. The van der Waals surface area contributed by atoms with Gasteiger partial charge in [-0.05, 0) is 53.5 Å². The molecule has 7 heteroatoms. The zero-order chi connectivity index (χ0) is 16.6. The lowest BCUT2D eigenvalue weighted by Gasteiger charge is -2.25. The first-order chi connectivity index (χ1) is 10.8. The lowest BCUT2D eigenvalue weighted by molar-refractivity contribution is -0.137. The Kier molecular flexibility index (Phi) is 4.69. The summed E-state index contributed by atoms with van der Waals surface area (Å²) in [5, 5.41) is 3.93. The maximum Gasteiger partial charge on any atom is 0.416 e. The van der Waals surface area contributed by atoms with Gasteiger partial charge < -0.3 is 4.84 Å². The van der Waals surface area contributed by atoms with E-state index in [0.717, 1.165) is 48.2 Å². The minimum Gasteiger partial charge on any atom is -0.391 e. The topological polar surface area (TPSA) is 24.8 Å². The van der Waals surface area contributed by atoms with E-state index in [1.165, 1.54) is 0 Å². The van der Waals surface area contributed by atoms with Crippen LogP contribution in [0.4, 0.5) is 13.2 Å². The van der Waals surface area contributed by atoms with E-state index in [1.54, 1.807) is 12.1 Å². The van der Waals surface area contributed by atoms with Gasteiger partial charge in [-0.15, -0.1) is 0 Å². The lowest BCUT2D eigenvalue weighted by atomic mass is 9.99. The predicted molar refractivity (Wildman–Crippen MR) is 85.4 cm³/mol. The first-order valence-electron chi connectivity index (χ1n) is 7.64. The molecule has 0 amide bonds. The van der Waals surface area contributed by atoms with E-state index in [9.17, 15) is 13.2 Å². The molecule has 0 N–H and O–H groups in total. The van der Waals surface area contributed by atoms with Crippen molar-refractivity contribution in [3.8, 4) is 0 Å². The zero-order valence-corrected chi connectivity index (χ0v) is 14.3. The minimum atomic E-state index is -4.28. The van der Waals surface area contributed by atoms with Gasteiger partial charge in [0.2, 0.25) is 0 Å². The third-order valence-corrected chi connectivity index (χ3v) is 5.18. The number of rotatable bonds is 3. The second kappa shape index (κ2) is 6.43. The van der Waals surface area contributed by atoms with Gasteiger partial charge >= 0.3 is 6.18 Å². The van der Waals surface area contributed by atoms with Crippen molar-refractivity contribution in [2.24, 2.45) is 11.1 Å². The van der Waals surface area contributed by atoms with Crippen LogP contribution in [0, 0.1) is 5.92 Å². The van der Waals surface area contributed by atoms with Gasteiger partial charge in [0.25, 0.3) is 0 Å². The summed E-state index contributed by atoms with van der Waals surface area (Å²) in [5.41, 5.74) is 0.303. The highest BCUT2D eigenvalue weighted by atomic mass is 79.9. The molecule has 3 rings (SSSR count). The largest absolute Gasteiger partial charge is 0.416 e. The Labute approximate surface area is 141 Å². The molecule has 1 fully saturated rings. The van der Waals surface area contributed by atoms with Crippen LogP contribution >= 0.6 is 15.9 Å². The van der Waals surface area contributed by atoms with Crippen molar-refractivity contribution in [3.05, 3.63) is 35.4 Å². The van der Waals surface area contributed by atoms with E-state index in [2.05, 4.69) is 26.0 Å². The van der Waals surface area contributed by atoms with Crippen molar-refractivity contribution < 1.29 is 18.0 Å². The van der Waals surface area contributed by atoms with E-state index in [0.29, 0.717) is 5.92 Å². The van der Waals surface area contributed by atoms with Crippen LogP contribution in [0.2, 0.25) is 0 Å². The van der Waals surface area contributed by atoms with E-state index >= 15 is 0 Å². The van der Waals surface area contributed by atoms with Crippen molar-refractivity contribution in [1.29, 1.82) is 0 Å². The monoisotopic (exact) mass is 390 g/mol. The Hall–Kier alpha value is -1.08. The van der Waals surface area contributed by atoms with Crippen LogP contribution in [-0.4, -0.2) is 28.7 Å². The molecule has 1 aromatic carbocycles. The van der Waals surface area contributed by atoms with Crippen molar-refractivity contribution >= 4 is 20.6 Å². The summed E-state index contributed by atoms with van der Waals surface area (Å²) in [5.74, 6) is 0.408. The molecule has 0 bridgehead atoms. The van der Waals surface area contributed by atoms with E-state index < -0.39 is 11.7 Å². The summed E-state index contributed by atoms with van der Waals surface area (Å²) in [4.78, 5) is 7.72. The van der Waals surface area contributed by atoms with Gasteiger partial charge in [0, 0.05) is 24.9 Å². The van der Waals surface area contributed by atoms with Crippen LogP contribution in [0.1, 0.15) is 36.9 Å². The van der Waals surface area contributed by atoms with Crippen molar-refractivity contribution in [1.82, 2.24) is 4.90 Å². The number of oxime groups is 1. The Balaban J connectivity index is 1.61. The second-order valence-corrected chi connectivity index (χ2v) is 7.07. The van der Waals surface area contributed by atoms with Crippen molar-refractivity contribution in [2.75, 3.05) is 13.1 Å². The molecule has 126 valence electrons. The average Bonchev–Trinajstić information content (AvgIpc) is 3.14. The Morgan fingerprint density at radius 1 is 1.30 bits per heavy atom. The fourth-order valence-corrected chi connectivity index (χ4v) is 3.65. The third kappa shape index (κ3) is 3.71. The average molecular weight is 391 g/mol. The normalized spacial score (nSPS) is 26.9. The van der Waals surface area contributed by atoms with Gasteiger partial charge in [0.1, 0.15) is 10.7 Å². The zero-order valence-electron chi connectivity index (χ0n) is 12.7. The van der Waals surface area contributed by atoms with Crippen LogP contribution in [0.3, 0.4) is 0 Å². The maximum absolute atomic E-state index is 12.6. The van der Waals surface area contributed by atoms with Gasteiger partial charge in [0.15, 0.2) is 0 Å². The quantitative estimate of drug-likeness (QED) is 0.753. The highest BCUT2D eigenvalue weighted by molar-refractivity contribution is 9.18. The SMILES string of the molecule is CC(c1ccc(C(F)(F)F)cc1)N1CCC(C2CC(Br)=NO2)C1. The van der Waals surface area contributed by atoms with Gasteiger partial charge in [-0.2, -0.15) is 13.2 Å². The summed E-state index contributed by atoms with van der Waals surface area (Å²) in [6.45, 7) is 3.83. The summed E-state index contributed by atoms with van der Waals surface area (Å²) in [7, 11) is 0. The van der Waals surface area contributed by atoms with Crippen molar-refractivity contribution in [3.63, 3.8) is 0 Å². The summed E-state index contributed by atoms with van der Waals surface area (Å²) in [6, 6.07) is 5.56. The number of hydrogen-bond donors (Lipinski definition) is 0. The standard InChI is InChI=1S/C16H18BrF3N2O/c1-10(11-2-4-13(5-3-11)16(18,19)20)22-7-6-12(9-22)14-8-15(17)21-23-14/h2-5,10,12,14H,6-9H2,1H3. The Bertz CT molecular complexity index is 588. The number of alkyl halides is 3. The smallest absolute Gasteiger partial charge is 0.391 e. The third-order valence-electron chi connectivity index (χ3n) is 4.71. The first-order valence-corrected chi connectivity index (χ1v) is 8.43. The number of likely N-dealkylation sites (tertiary alicyclic amines) is 1. The molecule has 0 aliphatic carbocycles. The molecule has 1 saturated heterocycles. The van der Waals surface area contributed by atoms with Crippen LogP contribution in [-0.2, 0) is 11.0 Å². The molecule has 3 unspecified atom stereocenters. The number of nitrogens with zero attached hydrogens (tertiary/aromatic N) is 2. The molecule has 3 nitrogen and oxygen atoms in total.